The molecule has 1 atom stereocenters. The van der Waals surface area contributed by atoms with Crippen molar-refractivity contribution in [2.75, 3.05) is 11.5 Å². The number of nitrogens with zero attached hydrogens (tertiary/aromatic N) is 2. The molecular formula is C24H29N3O4. The highest BCUT2D eigenvalue weighted by molar-refractivity contribution is 6.03. The average molecular weight is 424 g/mol. The van der Waals surface area contributed by atoms with E-state index in [0.717, 1.165) is 17.5 Å². The van der Waals surface area contributed by atoms with Gasteiger partial charge in [-0.25, -0.2) is 0 Å². The second kappa shape index (κ2) is 7.48. The molecule has 4 aliphatic carbocycles. The van der Waals surface area contributed by atoms with Gasteiger partial charge in [0.1, 0.15) is 6.04 Å². The summed E-state index contributed by atoms with van der Waals surface area (Å²) in [7, 11) is 0. The van der Waals surface area contributed by atoms with E-state index in [4.69, 9.17) is 5.73 Å². The van der Waals surface area contributed by atoms with E-state index in [-0.39, 0.29) is 11.9 Å². The van der Waals surface area contributed by atoms with E-state index in [1.165, 1.54) is 42.9 Å². The van der Waals surface area contributed by atoms with E-state index in [9.17, 15) is 19.5 Å². The van der Waals surface area contributed by atoms with Crippen LogP contribution in [0.5, 0.6) is 0 Å². The molecule has 6 rings (SSSR count). The monoisotopic (exact) mass is 423 g/mol. The number of hydrogen-bond donors (Lipinski definition) is 2. The molecule has 4 bridgehead atoms. The number of hydrogen-bond acceptors (Lipinski definition) is 4. The highest BCUT2D eigenvalue weighted by atomic mass is 16.3. The van der Waals surface area contributed by atoms with Crippen LogP contribution >= 0.6 is 0 Å². The van der Waals surface area contributed by atoms with Crippen LogP contribution in [0, 0.1) is 23.7 Å². The zero-order chi connectivity index (χ0) is 21.9. The maximum atomic E-state index is 13.1. The molecule has 2 aromatic rings. The van der Waals surface area contributed by atoms with Crippen molar-refractivity contribution in [3.8, 4) is 0 Å². The Labute approximate surface area is 180 Å². The minimum absolute atomic E-state index is 0.000442. The number of rotatable bonds is 5. The highest BCUT2D eigenvalue weighted by Gasteiger charge is 2.51. The summed E-state index contributed by atoms with van der Waals surface area (Å²) in [5.41, 5.74) is 5.72. The predicted molar refractivity (Wildman–Crippen MR) is 118 cm³/mol. The topological polar surface area (TPSA) is 106 Å². The predicted octanol–water partition coefficient (Wildman–Crippen LogP) is 2.20. The molecule has 0 radical (unpaired) electrons. The molecule has 4 aliphatic rings. The number of carbonyl (C=O) groups excluding carboxylic acids is 2. The molecule has 4 saturated carbocycles. The number of aromatic nitrogens is 1. The second-order valence-corrected chi connectivity index (χ2v) is 9.68. The fourth-order valence-electron chi connectivity index (χ4n) is 6.91. The quantitative estimate of drug-likeness (QED) is 0.769. The number of aliphatic hydroxyl groups excluding tert-OH is 1. The van der Waals surface area contributed by atoms with Gasteiger partial charge in [0.15, 0.2) is 0 Å². The van der Waals surface area contributed by atoms with E-state index in [1.54, 1.807) is 25.1 Å². The van der Waals surface area contributed by atoms with Gasteiger partial charge in [0.2, 0.25) is 11.8 Å². The Morgan fingerprint density at radius 1 is 1.10 bits per heavy atom. The smallest absolute Gasteiger partial charge is 0.259 e. The molecule has 31 heavy (non-hydrogen) atoms. The largest absolute Gasteiger partial charge is 0.394 e. The van der Waals surface area contributed by atoms with Crippen molar-refractivity contribution in [1.29, 1.82) is 0 Å². The van der Waals surface area contributed by atoms with E-state index in [0.29, 0.717) is 22.6 Å². The maximum Gasteiger partial charge on any atom is 0.259 e. The average Bonchev–Trinajstić information content (AvgIpc) is 2.71. The van der Waals surface area contributed by atoms with Crippen molar-refractivity contribution < 1.29 is 14.7 Å². The number of aliphatic hydroxyl groups is 1. The first-order chi connectivity index (χ1) is 14.9. The molecule has 1 unspecified atom stereocenters. The van der Waals surface area contributed by atoms with Crippen LogP contribution in [-0.2, 0) is 9.59 Å². The van der Waals surface area contributed by atoms with E-state index < -0.39 is 24.1 Å². The lowest BCUT2D eigenvalue weighted by Gasteiger charge is -2.57. The Morgan fingerprint density at radius 3 is 2.29 bits per heavy atom. The van der Waals surface area contributed by atoms with Gasteiger partial charge in [0, 0.05) is 29.9 Å². The fraction of sp³-hybridized carbons (Fsp3) is 0.542. The Bertz CT molecular complexity index is 1080. The van der Waals surface area contributed by atoms with Crippen LogP contribution in [0.2, 0.25) is 0 Å². The van der Waals surface area contributed by atoms with E-state index in [2.05, 4.69) is 0 Å². The minimum Gasteiger partial charge on any atom is -0.394 e. The van der Waals surface area contributed by atoms with Crippen LogP contribution in [0.4, 0.5) is 5.69 Å². The highest BCUT2D eigenvalue weighted by Crippen LogP contribution is 2.55. The molecule has 0 spiro atoms. The third-order valence-electron chi connectivity index (χ3n) is 7.86. The summed E-state index contributed by atoms with van der Waals surface area (Å²) in [5, 5.41) is 10.6. The molecule has 0 aliphatic heterocycles. The fourth-order valence-corrected chi connectivity index (χ4v) is 6.91. The normalized spacial score (nSPS) is 29.8. The Kier molecular flexibility index (Phi) is 4.88. The van der Waals surface area contributed by atoms with Crippen LogP contribution < -0.4 is 16.2 Å². The van der Waals surface area contributed by atoms with Gasteiger partial charge < -0.3 is 20.3 Å². The van der Waals surface area contributed by atoms with Gasteiger partial charge in [-0.2, -0.15) is 0 Å². The van der Waals surface area contributed by atoms with Gasteiger partial charge in [-0.3, -0.25) is 14.4 Å². The van der Waals surface area contributed by atoms with E-state index in [1.807, 2.05) is 11.0 Å². The summed E-state index contributed by atoms with van der Waals surface area (Å²) >= 11 is 0. The first-order valence-corrected chi connectivity index (χ1v) is 11.2. The van der Waals surface area contributed by atoms with Crippen molar-refractivity contribution in [2.24, 2.45) is 29.4 Å². The number of nitrogens with two attached hydrogens (primary N) is 1. The summed E-state index contributed by atoms with van der Waals surface area (Å²) in [4.78, 5) is 39.7. The molecular weight excluding hydrogens is 394 g/mol. The Morgan fingerprint density at radius 2 is 1.74 bits per heavy atom. The van der Waals surface area contributed by atoms with Gasteiger partial charge in [-0.05, 0) is 74.0 Å². The molecule has 1 aromatic heterocycles. The lowest BCUT2D eigenvalue weighted by Crippen LogP contribution is -2.57. The van der Waals surface area contributed by atoms with Crippen LogP contribution in [0.25, 0.3) is 10.8 Å². The van der Waals surface area contributed by atoms with Crippen molar-refractivity contribution in [3.63, 3.8) is 0 Å². The van der Waals surface area contributed by atoms with Crippen molar-refractivity contribution in [3.05, 3.63) is 40.8 Å². The first-order valence-electron chi connectivity index (χ1n) is 11.2. The van der Waals surface area contributed by atoms with Gasteiger partial charge >= 0.3 is 0 Å². The molecule has 164 valence electrons. The number of amides is 2. The first kappa shape index (κ1) is 20.2. The number of pyridine rings is 1. The number of carbonyl (C=O) groups is 2. The molecule has 1 aromatic carbocycles. The van der Waals surface area contributed by atoms with Crippen LogP contribution in [0.1, 0.15) is 45.1 Å². The molecule has 3 N–H and O–H groups in total. The lowest BCUT2D eigenvalue weighted by atomic mass is 9.53. The van der Waals surface area contributed by atoms with Gasteiger partial charge in [-0.15, -0.1) is 0 Å². The summed E-state index contributed by atoms with van der Waals surface area (Å²) in [6, 6.07) is 6.21. The zero-order valence-corrected chi connectivity index (χ0v) is 17.7. The summed E-state index contributed by atoms with van der Waals surface area (Å²) < 4.78 is 1.18. The van der Waals surface area contributed by atoms with Crippen molar-refractivity contribution >= 4 is 28.3 Å². The van der Waals surface area contributed by atoms with Crippen LogP contribution in [0.3, 0.4) is 0 Å². The number of fused-ring (bicyclic) bond motifs is 1. The third-order valence-corrected chi connectivity index (χ3v) is 7.86. The third kappa shape index (κ3) is 3.17. The lowest BCUT2D eigenvalue weighted by molar-refractivity contribution is -0.122. The summed E-state index contributed by atoms with van der Waals surface area (Å²) in [5.74, 6) is 1.88. The Hall–Kier alpha value is -2.67. The molecule has 4 fully saturated rings. The van der Waals surface area contributed by atoms with Crippen LogP contribution in [0.15, 0.2) is 35.3 Å². The summed E-state index contributed by atoms with van der Waals surface area (Å²) in [6.45, 7) is 1.06. The van der Waals surface area contributed by atoms with Gasteiger partial charge in [0.25, 0.3) is 5.56 Å². The van der Waals surface area contributed by atoms with Gasteiger partial charge in [-0.1, -0.05) is 6.07 Å². The van der Waals surface area contributed by atoms with Crippen LogP contribution in [-0.4, -0.2) is 34.1 Å². The minimum atomic E-state index is -1.12. The Balaban J connectivity index is 1.61. The van der Waals surface area contributed by atoms with Crippen molar-refractivity contribution in [1.82, 2.24) is 4.57 Å². The molecule has 2 amide bonds. The molecule has 7 heteroatoms. The zero-order valence-electron chi connectivity index (χ0n) is 17.7. The van der Waals surface area contributed by atoms with Gasteiger partial charge in [0.05, 0.1) is 12.3 Å². The SMILES string of the molecule is CC(=O)N(c1cccc2c(=O)n(C(CO)C(N)=O)ccc12)C1C2CC3CC(C2)CC1C3. The summed E-state index contributed by atoms with van der Waals surface area (Å²) in [6.07, 6.45) is 7.60. The number of primary amides is 1. The molecule has 7 nitrogen and oxygen atoms in total. The number of benzene rings is 1. The van der Waals surface area contributed by atoms with Crippen molar-refractivity contribution in [2.45, 2.75) is 51.1 Å². The maximum absolute atomic E-state index is 13.1. The molecule has 0 saturated heterocycles. The standard InChI is InChI=1S/C24H29N3O4/c1-13(29)27(22-16-8-14-7-15(10-16)11-17(22)9-14)20-4-2-3-19-18(20)5-6-26(24(19)31)21(12-28)23(25)30/h2-6,14-17,21-22,28H,7-12H2,1H3,(H2,25,30). The second-order valence-electron chi connectivity index (χ2n) is 9.68. The number of anilines is 1. The van der Waals surface area contributed by atoms with E-state index >= 15 is 0 Å². The molecule has 1 heterocycles.